The lowest BCUT2D eigenvalue weighted by Gasteiger charge is -2.14. The van der Waals surface area contributed by atoms with Gasteiger partial charge in [0.15, 0.2) is 5.75 Å². The average Bonchev–Trinajstić information content (AvgIpc) is 2.03. The molecule has 0 aliphatic heterocycles. The van der Waals surface area contributed by atoms with E-state index in [4.69, 9.17) is 5.73 Å². The number of hydrogen-bond donors (Lipinski definition) is 1. The van der Waals surface area contributed by atoms with Gasteiger partial charge in [-0.25, -0.2) is 12.7 Å². The molecular formula is C7H16N2O4S. The Labute approximate surface area is 84.1 Å². The molecule has 2 N–H and O–H groups in total. The van der Waals surface area contributed by atoms with E-state index in [9.17, 15) is 13.2 Å². The van der Waals surface area contributed by atoms with Gasteiger partial charge in [-0.1, -0.05) is 0 Å². The molecule has 6 nitrogen and oxygen atoms in total. The summed E-state index contributed by atoms with van der Waals surface area (Å²) < 4.78 is 28.3. The second-order valence-electron chi connectivity index (χ2n) is 2.67. The minimum absolute atomic E-state index is 0.176. The van der Waals surface area contributed by atoms with Gasteiger partial charge < -0.3 is 10.5 Å². The van der Waals surface area contributed by atoms with Gasteiger partial charge in [0.1, 0.15) is 0 Å². The molecule has 0 saturated carbocycles. The molecule has 0 aromatic heterocycles. The van der Waals surface area contributed by atoms with Crippen LogP contribution in [0.5, 0.6) is 0 Å². The second kappa shape index (κ2) is 5.94. The number of carbonyl (C=O) groups excluding carboxylic acids is 1. The molecule has 0 atom stereocenters. The average molecular weight is 224 g/mol. The van der Waals surface area contributed by atoms with Gasteiger partial charge in [0, 0.05) is 20.1 Å². The molecule has 0 heterocycles. The molecule has 7 heteroatoms. The first-order chi connectivity index (χ1) is 6.44. The number of likely N-dealkylation sites (N-methyl/N-ethyl adjacent to an activating group) is 1. The standard InChI is InChI=1S/C7H16N2O4S/c1-3-13-7(10)6-14(11,12)9(2)5-4-8/h3-6,8H2,1-2H3. The van der Waals surface area contributed by atoms with E-state index in [1.54, 1.807) is 6.92 Å². The van der Waals surface area contributed by atoms with Crippen molar-refractivity contribution >= 4 is 16.0 Å². The molecule has 0 rings (SSSR count). The Hall–Kier alpha value is -0.660. The van der Waals surface area contributed by atoms with Crippen LogP contribution in [0.4, 0.5) is 0 Å². The molecule has 0 aromatic rings. The number of rotatable bonds is 6. The van der Waals surface area contributed by atoms with Gasteiger partial charge in [-0.3, -0.25) is 4.79 Å². The van der Waals surface area contributed by atoms with Crippen molar-refractivity contribution in [3.8, 4) is 0 Å². The Morgan fingerprint density at radius 3 is 2.50 bits per heavy atom. The van der Waals surface area contributed by atoms with Crippen LogP contribution >= 0.6 is 0 Å². The Balaban J connectivity index is 4.27. The number of carbonyl (C=O) groups is 1. The molecule has 0 amide bonds. The number of hydrogen-bond acceptors (Lipinski definition) is 5. The Bertz CT molecular complexity index is 275. The maximum absolute atomic E-state index is 11.4. The van der Waals surface area contributed by atoms with Crippen LogP contribution in [0.25, 0.3) is 0 Å². The zero-order valence-corrected chi connectivity index (χ0v) is 9.21. The van der Waals surface area contributed by atoms with Crippen molar-refractivity contribution in [1.82, 2.24) is 4.31 Å². The number of nitrogens with two attached hydrogens (primary N) is 1. The van der Waals surface area contributed by atoms with E-state index in [-0.39, 0.29) is 19.7 Å². The van der Waals surface area contributed by atoms with Crippen LogP contribution in [0, 0.1) is 0 Å². The van der Waals surface area contributed by atoms with Crippen molar-refractivity contribution in [2.75, 3.05) is 32.5 Å². The fourth-order valence-electron chi connectivity index (χ4n) is 0.783. The van der Waals surface area contributed by atoms with Crippen molar-refractivity contribution in [2.24, 2.45) is 5.73 Å². The van der Waals surface area contributed by atoms with Crippen molar-refractivity contribution in [1.29, 1.82) is 0 Å². The third-order valence-electron chi connectivity index (χ3n) is 1.52. The van der Waals surface area contributed by atoms with E-state index in [1.807, 2.05) is 0 Å². The topological polar surface area (TPSA) is 89.7 Å². The molecule has 0 radical (unpaired) electrons. The van der Waals surface area contributed by atoms with E-state index in [0.29, 0.717) is 0 Å². The summed E-state index contributed by atoms with van der Waals surface area (Å²) in [5.41, 5.74) is 5.19. The Morgan fingerprint density at radius 2 is 2.07 bits per heavy atom. The summed E-state index contributed by atoms with van der Waals surface area (Å²) in [7, 11) is -2.19. The summed E-state index contributed by atoms with van der Waals surface area (Å²) in [4.78, 5) is 10.9. The van der Waals surface area contributed by atoms with Crippen LogP contribution in [0.2, 0.25) is 0 Å². The lowest BCUT2D eigenvalue weighted by atomic mass is 10.7. The van der Waals surface area contributed by atoms with Crippen LogP contribution in [0.1, 0.15) is 6.92 Å². The van der Waals surface area contributed by atoms with Crippen LogP contribution in [-0.4, -0.2) is 51.2 Å². The first kappa shape index (κ1) is 13.3. The number of esters is 1. The van der Waals surface area contributed by atoms with Crippen LogP contribution < -0.4 is 5.73 Å². The van der Waals surface area contributed by atoms with Crippen molar-refractivity contribution < 1.29 is 17.9 Å². The van der Waals surface area contributed by atoms with Crippen molar-refractivity contribution in [3.63, 3.8) is 0 Å². The molecule has 0 fully saturated rings. The minimum atomic E-state index is -3.57. The minimum Gasteiger partial charge on any atom is -0.465 e. The van der Waals surface area contributed by atoms with Crippen LogP contribution in [0.15, 0.2) is 0 Å². The number of nitrogens with zero attached hydrogens (tertiary/aromatic N) is 1. The van der Waals surface area contributed by atoms with Gasteiger partial charge in [0.2, 0.25) is 10.0 Å². The van der Waals surface area contributed by atoms with Crippen molar-refractivity contribution in [2.45, 2.75) is 6.92 Å². The predicted molar refractivity (Wildman–Crippen MR) is 52.1 cm³/mol. The predicted octanol–water partition coefficient (Wildman–Crippen LogP) is -1.23. The molecule has 0 bridgehead atoms. The van der Waals surface area contributed by atoms with E-state index in [0.717, 1.165) is 4.31 Å². The lowest BCUT2D eigenvalue weighted by Crippen LogP contribution is -2.36. The molecule has 0 unspecified atom stereocenters. The fraction of sp³-hybridized carbons (Fsp3) is 0.857. The molecule has 0 spiro atoms. The van der Waals surface area contributed by atoms with Gasteiger partial charge in [0.05, 0.1) is 6.61 Å². The summed E-state index contributed by atoms with van der Waals surface area (Å²) in [6.07, 6.45) is 0. The van der Waals surface area contributed by atoms with E-state index in [1.165, 1.54) is 7.05 Å². The van der Waals surface area contributed by atoms with Gasteiger partial charge >= 0.3 is 5.97 Å². The third kappa shape index (κ3) is 4.54. The first-order valence-corrected chi connectivity index (χ1v) is 5.84. The summed E-state index contributed by atoms with van der Waals surface area (Å²) in [6, 6.07) is 0. The van der Waals surface area contributed by atoms with Crippen LogP contribution in [-0.2, 0) is 19.6 Å². The van der Waals surface area contributed by atoms with Gasteiger partial charge in [-0.2, -0.15) is 0 Å². The molecule has 84 valence electrons. The molecular weight excluding hydrogens is 208 g/mol. The monoisotopic (exact) mass is 224 g/mol. The molecule has 0 aliphatic carbocycles. The lowest BCUT2D eigenvalue weighted by molar-refractivity contribution is -0.140. The normalized spacial score (nSPS) is 11.7. The highest BCUT2D eigenvalue weighted by Crippen LogP contribution is 1.98. The van der Waals surface area contributed by atoms with Gasteiger partial charge in [0.25, 0.3) is 0 Å². The maximum atomic E-state index is 11.4. The highest BCUT2D eigenvalue weighted by atomic mass is 32.2. The third-order valence-corrected chi connectivity index (χ3v) is 3.26. The zero-order valence-electron chi connectivity index (χ0n) is 8.39. The zero-order chi connectivity index (χ0) is 11.2. The maximum Gasteiger partial charge on any atom is 0.322 e. The SMILES string of the molecule is CCOC(=O)CS(=O)(=O)N(C)CCN. The number of ether oxygens (including phenoxy) is 1. The Morgan fingerprint density at radius 1 is 1.50 bits per heavy atom. The van der Waals surface area contributed by atoms with Gasteiger partial charge in [-0.15, -0.1) is 0 Å². The van der Waals surface area contributed by atoms with E-state index in [2.05, 4.69) is 4.74 Å². The molecule has 0 saturated heterocycles. The van der Waals surface area contributed by atoms with E-state index >= 15 is 0 Å². The summed E-state index contributed by atoms with van der Waals surface area (Å²) in [5, 5.41) is 0. The smallest absolute Gasteiger partial charge is 0.322 e. The summed E-state index contributed by atoms with van der Waals surface area (Å²) in [5.74, 6) is -1.37. The van der Waals surface area contributed by atoms with Gasteiger partial charge in [-0.05, 0) is 6.92 Å². The molecule has 14 heavy (non-hydrogen) atoms. The van der Waals surface area contributed by atoms with E-state index < -0.39 is 21.7 Å². The fourth-order valence-corrected chi connectivity index (χ4v) is 1.77. The van der Waals surface area contributed by atoms with Crippen LogP contribution in [0.3, 0.4) is 0 Å². The summed E-state index contributed by atoms with van der Waals surface area (Å²) in [6.45, 7) is 2.21. The first-order valence-electron chi connectivity index (χ1n) is 4.23. The van der Waals surface area contributed by atoms with Crippen molar-refractivity contribution in [3.05, 3.63) is 0 Å². The second-order valence-corrected chi connectivity index (χ2v) is 4.75. The largest absolute Gasteiger partial charge is 0.465 e. The molecule has 0 aromatic carbocycles. The molecule has 0 aliphatic rings. The highest BCUT2D eigenvalue weighted by Gasteiger charge is 2.21. The quantitative estimate of drug-likeness (QED) is 0.570. The Kier molecular flexibility index (Phi) is 5.66. The summed E-state index contributed by atoms with van der Waals surface area (Å²) >= 11 is 0. The highest BCUT2D eigenvalue weighted by molar-refractivity contribution is 7.89. The number of sulfonamides is 1.